The van der Waals surface area contributed by atoms with Gasteiger partial charge in [0.25, 0.3) is 5.91 Å². The van der Waals surface area contributed by atoms with Crippen LogP contribution in [-0.4, -0.2) is 25.1 Å². The molecule has 0 radical (unpaired) electrons. The zero-order valence-electron chi connectivity index (χ0n) is 14.9. The van der Waals surface area contributed by atoms with Crippen LogP contribution in [0.25, 0.3) is 10.6 Å². The van der Waals surface area contributed by atoms with Crippen molar-refractivity contribution in [2.24, 2.45) is 0 Å². The van der Waals surface area contributed by atoms with Crippen LogP contribution in [-0.2, 0) is 6.54 Å². The molecular formula is C20H20N2O3S. The smallest absolute Gasteiger partial charge is 0.253 e. The van der Waals surface area contributed by atoms with E-state index in [-0.39, 0.29) is 5.91 Å². The van der Waals surface area contributed by atoms with Gasteiger partial charge in [-0.2, -0.15) is 0 Å². The summed E-state index contributed by atoms with van der Waals surface area (Å²) in [4.78, 5) is 18.2. The van der Waals surface area contributed by atoms with E-state index < -0.39 is 0 Å². The maximum absolute atomic E-state index is 12.6. The molecule has 0 aliphatic carbocycles. The average Bonchev–Trinajstić information content (AvgIpc) is 3.20. The van der Waals surface area contributed by atoms with Crippen LogP contribution in [0.1, 0.15) is 21.6 Å². The number of thiophene rings is 1. The van der Waals surface area contributed by atoms with Crippen molar-refractivity contribution in [1.29, 1.82) is 0 Å². The molecule has 0 saturated carbocycles. The van der Waals surface area contributed by atoms with Gasteiger partial charge in [0.05, 0.1) is 36.0 Å². The second-order valence-electron chi connectivity index (χ2n) is 5.67. The van der Waals surface area contributed by atoms with E-state index >= 15 is 0 Å². The van der Waals surface area contributed by atoms with E-state index in [1.165, 1.54) is 0 Å². The number of aromatic nitrogens is 1. The molecule has 0 spiro atoms. The van der Waals surface area contributed by atoms with Gasteiger partial charge in [0.2, 0.25) is 0 Å². The lowest BCUT2D eigenvalue weighted by molar-refractivity contribution is 0.0949. The van der Waals surface area contributed by atoms with Crippen LogP contribution in [0.2, 0.25) is 0 Å². The highest BCUT2D eigenvalue weighted by atomic mass is 32.1. The molecule has 3 rings (SSSR count). The molecule has 0 aliphatic rings. The van der Waals surface area contributed by atoms with E-state index in [9.17, 15) is 4.79 Å². The highest BCUT2D eigenvalue weighted by Crippen LogP contribution is 2.25. The fourth-order valence-corrected chi connectivity index (χ4v) is 3.35. The summed E-state index contributed by atoms with van der Waals surface area (Å²) in [5.74, 6) is 1.25. The standard InChI is InChI=1S/C20H20N2O3S/c1-13-16(7-8-17(22-13)19-5-4-10-26-19)20(23)21-12-14-11-15(24-2)6-9-18(14)25-3/h4-11H,12H2,1-3H3,(H,21,23). The molecule has 1 aromatic carbocycles. The van der Waals surface area contributed by atoms with Crippen LogP contribution in [0.4, 0.5) is 0 Å². The number of hydrogen-bond donors (Lipinski definition) is 1. The number of aryl methyl sites for hydroxylation is 1. The molecule has 3 aromatic rings. The van der Waals surface area contributed by atoms with E-state index in [4.69, 9.17) is 9.47 Å². The number of hydrogen-bond acceptors (Lipinski definition) is 5. The highest BCUT2D eigenvalue weighted by molar-refractivity contribution is 7.13. The van der Waals surface area contributed by atoms with E-state index in [0.29, 0.717) is 29.3 Å². The molecule has 0 saturated heterocycles. The molecule has 0 unspecified atom stereocenters. The van der Waals surface area contributed by atoms with Gasteiger partial charge >= 0.3 is 0 Å². The molecule has 0 fully saturated rings. The SMILES string of the molecule is COc1ccc(OC)c(CNC(=O)c2ccc(-c3cccs3)nc2C)c1. The normalized spacial score (nSPS) is 10.4. The third kappa shape index (κ3) is 3.86. The Morgan fingerprint density at radius 3 is 2.65 bits per heavy atom. The lowest BCUT2D eigenvalue weighted by Crippen LogP contribution is -2.24. The van der Waals surface area contributed by atoms with Crippen molar-refractivity contribution in [2.45, 2.75) is 13.5 Å². The van der Waals surface area contributed by atoms with Gasteiger partial charge in [-0.1, -0.05) is 6.07 Å². The van der Waals surface area contributed by atoms with E-state index in [2.05, 4.69) is 10.3 Å². The van der Waals surface area contributed by atoms with Gasteiger partial charge in [-0.3, -0.25) is 9.78 Å². The number of benzene rings is 1. The highest BCUT2D eigenvalue weighted by Gasteiger charge is 2.13. The minimum atomic E-state index is -0.169. The number of amides is 1. The third-order valence-corrected chi connectivity index (χ3v) is 4.92. The predicted octanol–water partition coefficient (Wildman–Crippen LogP) is 4.07. The van der Waals surface area contributed by atoms with Crippen LogP contribution in [0.5, 0.6) is 11.5 Å². The first-order valence-corrected chi connectivity index (χ1v) is 9.01. The van der Waals surface area contributed by atoms with Crippen molar-refractivity contribution < 1.29 is 14.3 Å². The number of pyridine rings is 1. The third-order valence-electron chi connectivity index (χ3n) is 4.03. The molecule has 1 N–H and O–H groups in total. The summed E-state index contributed by atoms with van der Waals surface area (Å²) in [6, 6.07) is 13.2. The largest absolute Gasteiger partial charge is 0.497 e. The van der Waals surface area contributed by atoms with Gasteiger partial charge < -0.3 is 14.8 Å². The molecule has 5 nitrogen and oxygen atoms in total. The summed E-state index contributed by atoms with van der Waals surface area (Å²) in [6.07, 6.45) is 0. The van der Waals surface area contributed by atoms with Gasteiger partial charge in [0.1, 0.15) is 11.5 Å². The van der Waals surface area contributed by atoms with E-state index in [0.717, 1.165) is 16.1 Å². The summed E-state index contributed by atoms with van der Waals surface area (Å²) >= 11 is 1.63. The number of nitrogens with zero attached hydrogens (tertiary/aromatic N) is 1. The van der Waals surface area contributed by atoms with Crippen LogP contribution in [0.15, 0.2) is 47.8 Å². The fraction of sp³-hybridized carbons (Fsp3) is 0.200. The number of carbonyl (C=O) groups is 1. The molecule has 6 heteroatoms. The minimum Gasteiger partial charge on any atom is -0.497 e. The van der Waals surface area contributed by atoms with Crippen molar-refractivity contribution in [2.75, 3.05) is 14.2 Å². The molecule has 26 heavy (non-hydrogen) atoms. The number of nitrogens with one attached hydrogen (secondary N) is 1. The first-order chi connectivity index (χ1) is 12.6. The number of ether oxygens (including phenoxy) is 2. The summed E-state index contributed by atoms with van der Waals surface area (Å²) in [5, 5.41) is 4.93. The summed E-state index contributed by atoms with van der Waals surface area (Å²) < 4.78 is 10.6. The van der Waals surface area contributed by atoms with Crippen LogP contribution < -0.4 is 14.8 Å². The summed E-state index contributed by atoms with van der Waals surface area (Å²) in [6.45, 7) is 2.18. The zero-order chi connectivity index (χ0) is 18.5. The van der Waals surface area contributed by atoms with Crippen LogP contribution >= 0.6 is 11.3 Å². The first-order valence-electron chi connectivity index (χ1n) is 8.13. The molecule has 0 atom stereocenters. The Kier molecular flexibility index (Phi) is 5.53. The molecule has 2 heterocycles. The number of carbonyl (C=O) groups excluding carboxylic acids is 1. The lowest BCUT2D eigenvalue weighted by atomic mass is 10.1. The van der Waals surface area contributed by atoms with Crippen molar-refractivity contribution in [3.63, 3.8) is 0 Å². The first kappa shape index (κ1) is 17.9. The van der Waals surface area contributed by atoms with Crippen molar-refractivity contribution in [3.05, 3.63) is 64.7 Å². The zero-order valence-corrected chi connectivity index (χ0v) is 15.7. The molecule has 0 bridgehead atoms. The molecule has 1 amide bonds. The van der Waals surface area contributed by atoms with Gasteiger partial charge in [-0.15, -0.1) is 11.3 Å². The molecule has 134 valence electrons. The lowest BCUT2D eigenvalue weighted by Gasteiger charge is -2.12. The van der Waals surface area contributed by atoms with Crippen molar-refractivity contribution in [3.8, 4) is 22.1 Å². The fourth-order valence-electron chi connectivity index (χ4n) is 2.65. The summed E-state index contributed by atoms with van der Waals surface area (Å²) in [7, 11) is 3.21. The number of rotatable bonds is 6. The topological polar surface area (TPSA) is 60.5 Å². The van der Waals surface area contributed by atoms with Crippen LogP contribution in [0, 0.1) is 6.92 Å². The minimum absolute atomic E-state index is 0.169. The average molecular weight is 368 g/mol. The quantitative estimate of drug-likeness (QED) is 0.713. The van der Waals surface area contributed by atoms with Crippen LogP contribution in [0.3, 0.4) is 0 Å². The monoisotopic (exact) mass is 368 g/mol. The second-order valence-corrected chi connectivity index (χ2v) is 6.61. The summed E-state index contributed by atoms with van der Waals surface area (Å²) in [5.41, 5.74) is 2.99. The number of methoxy groups -OCH3 is 2. The Hall–Kier alpha value is -2.86. The predicted molar refractivity (Wildman–Crippen MR) is 103 cm³/mol. The molecular weight excluding hydrogens is 348 g/mol. The van der Waals surface area contributed by atoms with Gasteiger partial charge in [-0.05, 0) is 48.7 Å². The van der Waals surface area contributed by atoms with Crippen molar-refractivity contribution >= 4 is 17.2 Å². The molecule has 2 aromatic heterocycles. The Labute approximate surface area is 156 Å². The Balaban J connectivity index is 1.75. The van der Waals surface area contributed by atoms with Gasteiger partial charge in [0.15, 0.2) is 0 Å². The van der Waals surface area contributed by atoms with E-state index in [1.807, 2.05) is 54.8 Å². The Morgan fingerprint density at radius 2 is 2.00 bits per heavy atom. The maximum atomic E-state index is 12.6. The Bertz CT molecular complexity index is 907. The van der Waals surface area contributed by atoms with Gasteiger partial charge in [0, 0.05) is 12.1 Å². The van der Waals surface area contributed by atoms with Gasteiger partial charge in [-0.25, -0.2) is 0 Å². The van der Waals surface area contributed by atoms with Crippen molar-refractivity contribution in [1.82, 2.24) is 10.3 Å². The maximum Gasteiger partial charge on any atom is 0.253 e. The molecule has 0 aliphatic heterocycles. The Morgan fingerprint density at radius 1 is 1.15 bits per heavy atom. The second kappa shape index (κ2) is 8.01. The van der Waals surface area contributed by atoms with E-state index in [1.54, 1.807) is 25.6 Å².